The SMILES string of the molecule is CCOC(=O)c1sc2nc([C@H](C)SCc3cc(C)ccc3C)[nH]c(=O)c2c1C. The molecule has 2 heterocycles. The molecule has 0 amide bonds. The lowest BCUT2D eigenvalue weighted by Gasteiger charge is -2.12. The summed E-state index contributed by atoms with van der Waals surface area (Å²) in [6, 6.07) is 6.44. The van der Waals surface area contributed by atoms with E-state index in [2.05, 4.69) is 42.0 Å². The van der Waals surface area contributed by atoms with Crippen LogP contribution in [0.3, 0.4) is 0 Å². The molecule has 5 nitrogen and oxygen atoms in total. The molecular weight excluding hydrogens is 392 g/mol. The van der Waals surface area contributed by atoms with E-state index >= 15 is 0 Å². The number of hydrogen-bond donors (Lipinski definition) is 1. The number of aromatic nitrogens is 2. The van der Waals surface area contributed by atoms with Crippen molar-refractivity contribution >= 4 is 39.3 Å². The molecule has 1 N–H and O–H groups in total. The lowest BCUT2D eigenvalue weighted by Crippen LogP contribution is -2.13. The minimum atomic E-state index is -0.402. The fourth-order valence-corrected chi connectivity index (χ4v) is 5.09. The maximum Gasteiger partial charge on any atom is 0.348 e. The van der Waals surface area contributed by atoms with Crippen LogP contribution in [-0.2, 0) is 10.5 Å². The summed E-state index contributed by atoms with van der Waals surface area (Å²) in [5, 5.41) is 0.494. The molecule has 0 fully saturated rings. The minimum absolute atomic E-state index is 0.0189. The molecule has 0 bridgehead atoms. The number of ether oxygens (including phenoxy) is 1. The highest BCUT2D eigenvalue weighted by molar-refractivity contribution is 7.98. The topological polar surface area (TPSA) is 72.0 Å². The zero-order valence-electron chi connectivity index (χ0n) is 16.7. The van der Waals surface area contributed by atoms with Gasteiger partial charge in [-0.3, -0.25) is 4.79 Å². The first-order valence-corrected chi connectivity index (χ1v) is 11.1. The van der Waals surface area contributed by atoms with Crippen LogP contribution in [0.1, 0.15) is 56.8 Å². The van der Waals surface area contributed by atoms with Crippen LogP contribution < -0.4 is 5.56 Å². The second kappa shape index (κ2) is 8.49. The molecule has 0 aliphatic carbocycles. The van der Waals surface area contributed by atoms with Gasteiger partial charge in [0, 0.05) is 5.75 Å². The molecule has 0 unspecified atom stereocenters. The first-order valence-electron chi connectivity index (χ1n) is 9.20. The largest absolute Gasteiger partial charge is 0.462 e. The molecule has 0 radical (unpaired) electrons. The number of thiophene rings is 1. The number of aromatic amines is 1. The predicted molar refractivity (Wildman–Crippen MR) is 117 cm³/mol. The van der Waals surface area contributed by atoms with E-state index in [-0.39, 0.29) is 10.8 Å². The summed E-state index contributed by atoms with van der Waals surface area (Å²) in [5.41, 5.74) is 4.22. The van der Waals surface area contributed by atoms with E-state index in [4.69, 9.17) is 4.74 Å². The van der Waals surface area contributed by atoms with Crippen molar-refractivity contribution < 1.29 is 9.53 Å². The van der Waals surface area contributed by atoms with E-state index in [1.165, 1.54) is 28.0 Å². The number of carbonyl (C=O) groups excluding carboxylic acids is 1. The summed E-state index contributed by atoms with van der Waals surface area (Å²) in [6.07, 6.45) is 0. The molecule has 0 saturated carbocycles. The van der Waals surface area contributed by atoms with E-state index in [0.717, 1.165) is 5.75 Å². The van der Waals surface area contributed by atoms with Crippen LogP contribution in [0, 0.1) is 20.8 Å². The summed E-state index contributed by atoms with van der Waals surface area (Å²) in [7, 11) is 0. The fourth-order valence-electron chi connectivity index (χ4n) is 2.99. The second-order valence-corrected chi connectivity index (χ2v) is 9.12. The Hall–Kier alpha value is -2.12. The summed E-state index contributed by atoms with van der Waals surface area (Å²) < 4.78 is 5.09. The molecule has 3 aromatic rings. The van der Waals surface area contributed by atoms with Gasteiger partial charge in [0.1, 0.15) is 15.5 Å². The van der Waals surface area contributed by atoms with Crippen LogP contribution in [0.25, 0.3) is 10.2 Å². The average molecular weight is 417 g/mol. The summed E-state index contributed by atoms with van der Waals surface area (Å²) in [5.74, 6) is 1.07. The number of esters is 1. The van der Waals surface area contributed by atoms with Gasteiger partial charge in [0.2, 0.25) is 0 Å². The molecule has 1 aromatic carbocycles. The predicted octanol–water partition coefficient (Wildman–Crippen LogP) is 5.08. The zero-order valence-corrected chi connectivity index (χ0v) is 18.3. The Kier molecular flexibility index (Phi) is 6.25. The number of fused-ring (bicyclic) bond motifs is 1. The average Bonchev–Trinajstić information content (AvgIpc) is 2.99. The molecule has 7 heteroatoms. The molecule has 1 atom stereocenters. The van der Waals surface area contributed by atoms with Gasteiger partial charge in [0.05, 0.1) is 17.2 Å². The summed E-state index contributed by atoms with van der Waals surface area (Å²) in [4.78, 5) is 33.3. The first-order chi connectivity index (χ1) is 13.3. The van der Waals surface area contributed by atoms with Crippen LogP contribution >= 0.6 is 23.1 Å². The molecule has 28 heavy (non-hydrogen) atoms. The van der Waals surface area contributed by atoms with Crippen molar-refractivity contribution in [2.45, 2.75) is 45.6 Å². The van der Waals surface area contributed by atoms with E-state index in [9.17, 15) is 9.59 Å². The van der Waals surface area contributed by atoms with Crippen molar-refractivity contribution in [3.63, 3.8) is 0 Å². The van der Waals surface area contributed by atoms with Crippen LogP contribution in [-0.4, -0.2) is 22.5 Å². The van der Waals surface area contributed by atoms with Crippen molar-refractivity contribution in [2.75, 3.05) is 6.61 Å². The summed E-state index contributed by atoms with van der Waals surface area (Å²) >= 11 is 2.95. The third-order valence-corrected chi connectivity index (χ3v) is 7.02. The smallest absolute Gasteiger partial charge is 0.348 e. The van der Waals surface area contributed by atoms with Crippen molar-refractivity contribution in [3.05, 3.63) is 61.5 Å². The Morgan fingerprint density at radius 2 is 2.07 bits per heavy atom. The Labute approximate surface area is 172 Å². The van der Waals surface area contributed by atoms with E-state index in [0.29, 0.717) is 33.1 Å². The lowest BCUT2D eigenvalue weighted by molar-refractivity contribution is 0.0531. The Bertz CT molecular complexity index is 1090. The van der Waals surface area contributed by atoms with E-state index in [1.54, 1.807) is 25.6 Å². The molecule has 0 aliphatic rings. The molecular formula is C21H24N2O3S2. The van der Waals surface area contributed by atoms with Crippen LogP contribution in [0.15, 0.2) is 23.0 Å². The van der Waals surface area contributed by atoms with Crippen molar-refractivity contribution in [3.8, 4) is 0 Å². The van der Waals surface area contributed by atoms with Gasteiger partial charge in [-0.25, -0.2) is 9.78 Å². The number of rotatable bonds is 6. The minimum Gasteiger partial charge on any atom is -0.462 e. The van der Waals surface area contributed by atoms with Gasteiger partial charge in [-0.1, -0.05) is 23.8 Å². The van der Waals surface area contributed by atoms with Gasteiger partial charge in [-0.15, -0.1) is 23.1 Å². The monoisotopic (exact) mass is 416 g/mol. The number of aryl methyl sites for hydroxylation is 3. The number of nitrogens with zero attached hydrogens (tertiary/aromatic N) is 1. The summed E-state index contributed by atoms with van der Waals surface area (Å²) in [6.45, 7) is 10.1. The maximum atomic E-state index is 12.6. The number of benzene rings is 1. The number of thioether (sulfide) groups is 1. The molecule has 0 aliphatic heterocycles. The molecule has 148 valence electrons. The number of carbonyl (C=O) groups is 1. The highest BCUT2D eigenvalue weighted by atomic mass is 32.2. The molecule has 2 aromatic heterocycles. The second-order valence-electron chi connectivity index (χ2n) is 6.79. The molecule has 0 saturated heterocycles. The normalized spacial score (nSPS) is 12.3. The highest BCUT2D eigenvalue weighted by Crippen LogP contribution is 2.33. The quantitative estimate of drug-likeness (QED) is 0.567. The lowest BCUT2D eigenvalue weighted by atomic mass is 10.1. The van der Waals surface area contributed by atoms with Crippen LogP contribution in [0.4, 0.5) is 0 Å². The Balaban J connectivity index is 1.87. The maximum absolute atomic E-state index is 12.6. The first kappa shape index (κ1) is 20.6. The van der Waals surface area contributed by atoms with Gasteiger partial charge in [0.25, 0.3) is 5.56 Å². The van der Waals surface area contributed by atoms with Gasteiger partial charge in [-0.05, 0) is 51.3 Å². The standard InChI is InChI=1S/C21H24N2O3S2/c1-6-26-21(25)17-13(4)16-19(24)22-18(23-20(16)28-17)14(5)27-10-15-9-11(2)7-8-12(15)3/h7-9,14H,6,10H2,1-5H3,(H,22,23,24)/t14-/m0/s1. The van der Waals surface area contributed by atoms with Gasteiger partial charge in [-0.2, -0.15) is 0 Å². The fraction of sp³-hybridized carbons (Fsp3) is 0.381. The van der Waals surface area contributed by atoms with Crippen LogP contribution in [0.2, 0.25) is 0 Å². The third kappa shape index (κ3) is 4.15. The highest BCUT2D eigenvalue weighted by Gasteiger charge is 2.21. The van der Waals surface area contributed by atoms with E-state index < -0.39 is 5.97 Å². The van der Waals surface area contributed by atoms with Gasteiger partial charge >= 0.3 is 5.97 Å². The van der Waals surface area contributed by atoms with Crippen molar-refractivity contribution in [2.24, 2.45) is 0 Å². The number of H-pyrrole nitrogens is 1. The van der Waals surface area contributed by atoms with Crippen LogP contribution in [0.5, 0.6) is 0 Å². The number of hydrogen-bond acceptors (Lipinski definition) is 6. The Morgan fingerprint density at radius 3 is 2.79 bits per heavy atom. The zero-order chi connectivity index (χ0) is 20.4. The van der Waals surface area contributed by atoms with Crippen molar-refractivity contribution in [1.29, 1.82) is 0 Å². The third-order valence-electron chi connectivity index (χ3n) is 4.66. The number of nitrogens with one attached hydrogen (secondary N) is 1. The molecule has 0 spiro atoms. The van der Waals surface area contributed by atoms with Gasteiger partial charge < -0.3 is 9.72 Å². The van der Waals surface area contributed by atoms with E-state index in [1.807, 2.05) is 6.92 Å². The Morgan fingerprint density at radius 1 is 1.32 bits per heavy atom. The van der Waals surface area contributed by atoms with Gasteiger partial charge in [0.15, 0.2) is 0 Å². The molecule has 3 rings (SSSR count). The van der Waals surface area contributed by atoms with Crippen molar-refractivity contribution in [1.82, 2.24) is 9.97 Å².